The quantitative estimate of drug-likeness (QED) is 0.726. The molecule has 0 aliphatic rings. The van der Waals surface area contributed by atoms with E-state index < -0.39 is 0 Å². The van der Waals surface area contributed by atoms with Gasteiger partial charge in [-0.15, -0.1) is 0 Å². The molecule has 0 aromatic heterocycles. The van der Waals surface area contributed by atoms with Gasteiger partial charge in [-0.25, -0.2) is 4.39 Å². The summed E-state index contributed by atoms with van der Waals surface area (Å²) in [5.41, 5.74) is 6.62. The van der Waals surface area contributed by atoms with E-state index in [9.17, 15) is 9.50 Å². The molecule has 3 N–H and O–H groups in total. The lowest BCUT2D eigenvalue weighted by atomic mass is 10.0. The second kappa shape index (κ2) is 4.96. The van der Waals surface area contributed by atoms with Crippen LogP contribution in [0.3, 0.4) is 0 Å². The molecule has 14 heavy (non-hydrogen) atoms. The molecular weight excluding hydrogens is 181 g/mol. The zero-order chi connectivity index (χ0) is 10.6. The molecule has 2 nitrogen and oxygen atoms in total. The number of hydrogen-bond acceptors (Lipinski definition) is 2. The first-order chi connectivity index (χ1) is 6.65. The van der Waals surface area contributed by atoms with E-state index in [2.05, 4.69) is 0 Å². The highest BCUT2D eigenvalue weighted by atomic mass is 19.1. The molecule has 0 radical (unpaired) electrons. The topological polar surface area (TPSA) is 46.2 Å². The molecule has 0 amide bonds. The normalized spacial score (nSPS) is 10.5. The Bertz CT molecular complexity index is 312. The van der Waals surface area contributed by atoms with Crippen LogP contribution < -0.4 is 5.73 Å². The monoisotopic (exact) mass is 197 g/mol. The minimum atomic E-state index is -0.289. The van der Waals surface area contributed by atoms with Gasteiger partial charge in [0.15, 0.2) is 0 Å². The van der Waals surface area contributed by atoms with Gasteiger partial charge < -0.3 is 10.8 Å². The molecule has 78 valence electrons. The van der Waals surface area contributed by atoms with Crippen molar-refractivity contribution in [3.63, 3.8) is 0 Å². The molecule has 1 aromatic rings. The SMILES string of the molecule is Cc1cc(F)cc(CCCCN)c1O. The summed E-state index contributed by atoms with van der Waals surface area (Å²) >= 11 is 0. The zero-order valence-electron chi connectivity index (χ0n) is 8.39. The highest BCUT2D eigenvalue weighted by Gasteiger charge is 2.06. The summed E-state index contributed by atoms with van der Waals surface area (Å²) in [5.74, 6) is -0.0773. The third-order valence-electron chi connectivity index (χ3n) is 2.24. The fraction of sp³-hybridized carbons (Fsp3) is 0.455. The second-order valence-corrected chi connectivity index (χ2v) is 3.48. The van der Waals surface area contributed by atoms with Crippen LogP contribution in [-0.4, -0.2) is 11.7 Å². The van der Waals surface area contributed by atoms with Crippen molar-refractivity contribution in [2.75, 3.05) is 6.54 Å². The Balaban J connectivity index is 2.75. The highest BCUT2D eigenvalue weighted by Crippen LogP contribution is 2.24. The maximum absolute atomic E-state index is 13.0. The summed E-state index contributed by atoms with van der Waals surface area (Å²) in [4.78, 5) is 0. The third-order valence-corrected chi connectivity index (χ3v) is 2.24. The number of rotatable bonds is 4. The predicted molar refractivity (Wildman–Crippen MR) is 54.8 cm³/mol. The van der Waals surface area contributed by atoms with Crippen LogP contribution >= 0.6 is 0 Å². The highest BCUT2D eigenvalue weighted by molar-refractivity contribution is 5.40. The number of aryl methyl sites for hydroxylation is 2. The molecule has 0 bridgehead atoms. The summed E-state index contributed by atoms with van der Waals surface area (Å²) < 4.78 is 13.0. The van der Waals surface area contributed by atoms with Gasteiger partial charge in [-0.2, -0.15) is 0 Å². The second-order valence-electron chi connectivity index (χ2n) is 3.48. The number of nitrogens with two attached hydrogens (primary N) is 1. The number of unbranched alkanes of at least 4 members (excludes halogenated alkanes) is 1. The molecule has 0 unspecified atom stereocenters. The Kier molecular flexibility index (Phi) is 3.89. The molecule has 0 atom stereocenters. The number of halogens is 1. The van der Waals surface area contributed by atoms with E-state index in [1.165, 1.54) is 12.1 Å². The summed E-state index contributed by atoms with van der Waals surface area (Å²) in [7, 11) is 0. The van der Waals surface area contributed by atoms with Gasteiger partial charge in [0.2, 0.25) is 0 Å². The van der Waals surface area contributed by atoms with Gasteiger partial charge in [0, 0.05) is 0 Å². The first-order valence-electron chi connectivity index (χ1n) is 4.83. The van der Waals surface area contributed by atoms with Gasteiger partial charge >= 0.3 is 0 Å². The van der Waals surface area contributed by atoms with E-state index in [1.807, 2.05) is 0 Å². The standard InChI is InChI=1S/C11H16FNO/c1-8-6-10(12)7-9(11(8)14)4-2-3-5-13/h6-7,14H,2-5,13H2,1H3. The minimum Gasteiger partial charge on any atom is -0.507 e. The molecule has 0 spiro atoms. The minimum absolute atomic E-state index is 0.212. The van der Waals surface area contributed by atoms with Crippen molar-refractivity contribution in [2.45, 2.75) is 26.2 Å². The van der Waals surface area contributed by atoms with E-state index in [-0.39, 0.29) is 11.6 Å². The summed E-state index contributed by atoms with van der Waals surface area (Å²) in [5, 5.41) is 9.62. The smallest absolute Gasteiger partial charge is 0.124 e. The third kappa shape index (κ3) is 2.70. The zero-order valence-corrected chi connectivity index (χ0v) is 8.39. The number of hydrogen-bond donors (Lipinski definition) is 2. The Hall–Kier alpha value is -1.09. The largest absolute Gasteiger partial charge is 0.507 e. The van der Waals surface area contributed by atoms with Crippen molar-refractivity contribution in [1.29, 1.82) is 0 Å². The van der Waals surface area contributed by atoms with Crippen LogP contribution in [0.5, 0.6) is 5.75 Å². The van der Waals surface area contributed by atoms with E-state index in [0.29, 0.717) is 24.1 Å². The average molecular weight is 197 g/mol. The van der Waals surface area contributed by atoms with Crippen LogP contribution in [0.1, 0.15) is 24.0 Å². The lowest BCUT2D eigenvalue weighted by Gasteiger charge is -2.07. The first-order valence-corrected chi connectivity index (χ1v) is 4.83. The molecule has 0 saturated heterocycles. The van der Waals surface area contributed by atoms with Crippen molar-refractivity contribution in [2.24, 2.45) is 5.73 Å². The fourth-order valence-electron chi connectivity index (χ4n) is 1.46. The fourth-order valence-corrected chi connectivity index (χ4v) is 1.46. The van der Waals surface area contributed by atoms with Crippen LogP contribution in [0.4, 0.5) is 4.39 Å². The molecule has 3 heteroatoms. The van der Waals surface area contributed by atoms with Crippen LogP contribution in [0.15, 0.2) is 12.1 Å². The van der Waals surface area contributed by atoms with E-state index in [4.69, 9.17) is 5.73 Å². The molecule has 1 aromatic carbocycles. The Labute approximate surface area is 83.6 Å². The molecule has 0 saturated carbocycles. The number of phenols is 1. The molecule has 1 rings (SSSR count). The van der Waals surface area contributed by atoms with Crippen molar-refractivity contribution in [3.8, 4) is 5.75 Å². The lowest BCUT2D eigenvalue weighted by molar-refractivity contribution is 0.459. The molecule has 0 aliphatic heterocycles. The lowest BCUT2D eigenvalue weighted by Crippen LogP contribution is -1.99. The van der Waals surface area contributed by atoms with Crippen molar-refractivity contribution in [3.05, 3.63) is 29.1 Å². The number of aromatic hydroxyl groups is 1. The van der Waals surface area contributed by atoms with Gasteiger partial charge in [0.25, 0.3) is 0 Å². The number of phenolic OH excluding ortho intramolecular Hbond substituents is 1. The molecule has 0 fully saturated rings. The summed E-state index contributed by atoms with van der Waals surface area (Å²) in [6.07, 6.45) is 2.46. The van der Waals surface area contributed by atoms with Crippen LogP contribution in [0.2, 0.25) is 0 Å². The van der Waals surface area contributed by atoms with Crippen LogP contribution in [0, 0.1) is 12.7 Å². The number of benzene rings is 1. The maximum atomic E-state index is 13.0. The van der Waals surface area contributed by atoms with Gasteiger partial charge in [0.05, 0.1) is 0 Å². The molecular formula is C11H16FNO. The van der Waals surface area contributed by atoms with Crippen molar-refractivity contribution >= 4 is 0 Å². The van der Waals surface area contributed by atoms with Gasteiger partial charge in [-0.05, 0) is 56.0 Å². The predicted octanol–water partition coefficient (Wildman–Crippen LogP) is 2.12. The maximum Gasteiger partial charge on any atom is 0.124 e. The summed E-state index contributed by atoms with van der Waals surface area (Å²) in [6, 6.07) is 2.72. The molecule has 0 heterocycles. The van der Waals surface area contributed by atoms with Gasteiger partial charge in [-0.3, -0.25) is 0 Å². The average Bonchev–Trinajstić information content (AvgIpc) is 2.13. The Morgan fingerprint density at radius 1 is 1.36 bits per heavy atom. The Morgan fingerprint density at radius 3 is 2.71 bits per heavy atom. The van der Waals surface area contributed by atoms with Crippen LogP contribution in [0.25, 0.3) is 0 Å². The van der Waals surface area contributed by atoms with Gasteiger partial charge in [0.1, 0.15) is 11.6 Å². The van der Waals surface area contributed by atoms with E-state index >= 15 is 0 Å². The van der Waals surface area contributed by atoms with Crippen molar-refractivity contribution < 1.29 is 9.50 Å². The Morgan fingerprint density at radius 2 is 2.07 bits per heavy atom. The van der Waals surface area contributed by atoms with Crippen molar-refractivity contribution in [1.82, 2.24) is 0 Å². The first kappa shape index (κ1) is 11.0. The van der Waals surface area contributed by atoms with Crippen LogP contribution in [-0.2, 0) is 6.42 Å². The van der Waals surface area contributed by atoms with E-state index in [1.54, 1.807) is 6.92 Å². The van der Waals surface area contributed by atoms with E-state index in [0.717, 1.165) is 12.8 Å². The summed E-state index contributed by atoms with van der Waals surface area (Å²) in [6.45, 7) is 2.33. The van der Waals surface area contributed by atoms with Gasteiger partial charge in [-0.1, -0.05) is 0 Å². The molecule has 0 aliphatic carbocycles.